The first-order chi connectivity index (χ1) is 9.08. The summed E-state index contributed by atoms with van der Waals surface area (Å²) in [6.45, 7) is 0. The number of aliphatic hydroxyl groups excluding tert-OH is 1. The molecule has 0 radical (unpaired) electrons. The molecule has 1 atom stereocenters. The molecular weight excluding hydrogens is 264 g/mol. The number of anilines is 1. The van der Waals surface area contributed by atoms with Crippen LogP contribution in [0, 0.1) is 0 Å². The number of rotatable bonds is 2. The fourth-order valence-electron chi connectivity index (χ4n) is 2.01. The maximum Gasteiger partial charge on any atom is 0.260 e. The molecule has 1 aliphatic rings. The Hall–Kier alpha value is -1.86. The van der Waals surface area contributed by atoms with Crippen molar-refractivity contribution >= 4 is 23.4 Å². The molecule has 1 N–H and O–H groups in total. The summed E-state index contributed by atoms with van der Waals surface area (Å²) < 4.78 is 1.82. The molecule has 98 valence electrons. The van der Waals surface area contributed by atoms with E-state index in [1.165, 1.54) is 16.7 Å². The maximum absolute atomic E-state index is 11.7. The monoisotopic (exact) mass is 276 g/mol. The fraction of sp³-hybridized carbons (Fsp3) is 0.250. The van der Waals surface area contributed by atoms with Crippen molar-refractivity contribution in [3.05, 3.63) is 30.1 Å². The Morgan fingerprint density at radius 2 is 2.16 bits per heavy atom. The molecule has 0 saturated carbocycles. The molecule has 3 rings (SSSR count). The molecule has 2 aromatic rings. The minimum atomic E-state index is -1.05. The lowest BCUT2D eigenvalue weighted by atomic mass is 10.1. The van der Waals surface area contributed by atoms with Crippen molar-refractivity contribution in [1.29, 1.82) is 0 Å². The van der Waals surface area contributed by atoms with E-state index in [9.17, 15) is 9.90 Å². The average molecular weight is 276 g/mol. The van der Waals surface area contributed by atoms with Gasteiger partial charge in [0, 0.05) is 24.6 Å². The van der Waals surface area contributed by atoms with Crippen LogP contribution in [0.5, 0.6) is 0 Å². The molecule has 7 heteroatoms. The van der Waals surface area contributed by atoms with Crippen LogP contribution in [0.2, 0.25) is 0 Å². The van der Waals surface area contributed by atoms with Crippen LogP contribution in [0.1, 0.15) is 11.7 Å². The Morgan fingerprint density at radius 3 is 2.84 bits per heavy atom. The van der Waals surface area contributed by atoms with Crippen molar-refractivity contribution < 1.29 is 9.90 Å². The normalized spacial score (nSPS) is 17.9. The number of amides is 1. The number of aryl methyl sites for hydroxylation is 1. The molecule has 1 aromatic heterocycles. The molecule has 1 unspecified atom stereocenters. The van der Waals surface area contributed by atoms with Crippen molar-refractivity contribution in [2.24, 2.45) is 7.05 Å². The van der Waals surface area contributed by atoms with E-state index >= 15 is 0 Å². The highest BCUT2D eigenvalue weighted by molar-refractivity contribution is 7.99. The number of benzene rings is 1. The number of aromatic nitrogens is 3. The summed E-state index contributed by atoms with van der Waals surface area (Å²) in [5.74, 6) is -0.296. The second kappa shape index (κ2) is 4.36. The van der Waals surface area contributed by atoms with E-state index in [1.54, 1.807) is 19.4 Å². The molecule has 0 aliphatic carbocycles. The summed E-state index contributed by atoms with van der Waals surface area (Å²) in [7, 11) is 3.53. The number of hydrogen-bond donors (Lipinski definition) is 1. The van der Waals surface area contributed by atoms with Crippen LogP contribution < -0.4 is 4.90 Å². The molecule has 2 heterocycles. The van der Waals surface area contributed by atoms with Gasteiger partial charge in [-0.25, -0.2) is 0 Å². The van der Waals surface area contributed by atoms with Gasteiger partial charge in [0.25, 0.3) is 5.91 Å². The van der Waals surface area contributed by atoms with Gasteiger partial charge >= 0.3 is 0 Å². The Bertz CT molecular complexity index is 655. The van der Waals surface area contributed by atoms with Crippen LogP contribution in [0.25, 0.3) is 0 Å². The molecular formula is C12H12N4O2S. The molecule has 1 aromatic carbocycles. The van der Waals surface area contributed by atoms with Crippen LogP contribution in [-0.4, -0.2) is 32.8 Å². The zero-order chi connectivity index (χ0) is 13.6. The first kappa shape index (κ1) is 12.2. The summed E-state index contributed by atoms with van der Waals surface area (Å²) in [6, 6.07) is 5.52. The first-order valence-electron chi connectivity index (χ1n) is 5.69. The van der Waals surface area contributed by atoms with Crippen molar-refractivity contribution in [3.63, 3.8) is 0 Å². The van der Waals surface area contributed by atoms with Gasteiger partial charge in [0.2, 0.25) is 0 Å². The highest BCUT2D eigenvalue weighted by atomic mass is 32.2. The summed E-state index contributed by atoms with van der Waals surface area (Å²) in [6.07, 6.45) is 0.587. The number of carbonyl (C=O) groups is 1. The lowest BCUT2D eigenvalue weighted by molar-refractivity contribution is -0.125. The SMILES string of the molecule is CN1C(=O)C(O)c2ccc(Sc3nncn3C)cc21. The Kier molecular flexibility index (Phi) is 2.79. The number of fused-ring (bicyclic) bond motifs is 1. The smallest absolute Gasteiger partial charge is 0.260 e. The fourth-order valence-corrected chi connectivity index (χ4v) is 2.81. The minimum Gasteiger partial charge on any atom is -0.378 e. The first-order valence-corrected chi connectivity index (χ1v) is 6.51. The zero-order valence-electron chi connectivity index (χ0n) is 10.4. The van der Waals surface area contributed by atoms with Crippen molar-refractivity contribution in [1.82, 2.24) is 14.8 Å². The third-order valence-electron chi connectivity index (χ3n) is 3.10. The van der Waals surface area contributed by atoms with Crippen LogP contribution in [-0.2, 0) is 11.8 Å². The van der Waals surface area contributed by atoms with Gasteiger partial charge in [-0.05, 0) is 23.9 Å². The summed E-state index contributed by atoms with van der Waals surface area (Å²) in [5, 5.41) is 18.4. The van der Waals surface area contributed by atoms with Gasteiger partial charge < -0.3 is 14.6 Å². The highest BCUT2D eigenvalue weighted by Gasteiger charge is 2.33. The lowest BCUT2D eigenvalue weighted by Gasteiger charge is -2.10. The zero-order valence-corrected chi connectivity index (χ0v) is 11.3. The number of carbonyl (C=O) groups excluding carboxylic acids is 1. The predicted octanol–water partition coefficient (Wildman–Crippen LogP) is 0.976. The van der Waals surface area contributed by atoms with E-state index in [4.69, 9.17) is 0 Å². The van der Waals surface area contributed by atoms with E-state index in [0.29, 0.717) is 5.56 Å². The quantitative estimate of drug-likeness (QED) is 0.885. The number of nitrogens with zero attached hydrogens (tertiary/aromatic N) is 4. The van der Waals surface area contributed by atoms with Crippen LogP contribution in [0.4, 0.5) is 5.69 Å². The number of aliphatic hydroxyl groups is 1. The Labute approximate surface area is 114 Å². The van der Waals surface area contributed by atoms with Crippen LogP contribution >= 0.6 is 11.8 Å². The third-order valence-corrected chi connectivity index (χ3v) is 4.14. The molecule has 0 saturated heterocycles. The average Bonchev–Trinajstić information content (AvgIpc) is 2.89. The van der Waals surface area contributed by atoms with E-state index in [2.05, 4.69) is 10.2 Å². The second-order valence-corrected chi connectivity index (χ2v) is 5.39. The standard InChI is InChI=1S/C12H12N4O2S/c1-15-6-13-14-12(15)19-7-3-4-8-9(5-7)16(2)11(18)10(8)17/h3-6,10,17H,1-2H3. The van der Waals surface area contributed by atoms with E-state index in [0.717, 1.165) is 15.7 Å². The van der Waals surface area contributed by atoms with E-state index in [-0.39, 0.29) is 5.91 Å². The molecule has 0 bridgehead atoms. The van der Waals surface area contributed by atoms with E-state index in [1.807, 2.05) is 23.7 Å². The molecule has 6 nitrogen and oxygen atoms in total. The van der Waals surface area contributed by atoms with Gasteiger partial charge in [0.05, 0.1) is 5.69 Å². The van der Waals surface area contributed by atoms with Gasteiger partial charge in [-0.15, -0.1) is 10.2 Å². The molecule has 0 fully saturated rings. The van der Waals surface area contributed by atoms with Crippen molar-refractivity contribution in [2.75, 3.05) is 11.9 Å². The number of hydrogen-bond acceptors (Lipinski definition) is 5. The summed E-state index contributed by atoms with van der Waals surface area (Å²) >= 11 is 1.46. The summed E-state index contributed by atoms with van der Waals surface area (Å²) in [4.78, 5) is 14.1. The molecule has 1 amide bonds. The lowest BCUT2D eigenvalue weighted by Crippen LogP contribution is -2.23. The van der Waals surface area contributed by atoms with Crippen LogP contribution in [0.3, 0.4) is 0 Å². The Balaban J connectivity index is 1.95. The topological polar surface area (TPSA) is 71.2 Å². The minimum absolute atomic E-state index is 0.296. The van der Waals surface area contributed by atoms with Crippen molar-refractivity contribution in [3.8, 4) is 0 Å². The second-order valence-electron chi connectivity index (χ2n) is 4.35. The van der Waals surface area contributed by atoms with Crippen LogP contribution in [0.15, 0.2) is 34.6 Å². The highest BCUT2D eigenvalue weighted by Crippen LogP contribution is 2.38. The predicted molar refractivity (Wildman–Crippen MR) is 69.9 cm³/mol. The molecule has 19 heavy (non-hydrogen) atoms. The van der Waals surface area contributed by atoms with Gasteiger partial charge in [-0.2, -0.15) is 0 Å². The third kappa shape index (κ3) is 1.91. The van der Waals surface area contributed by atoms with Gasteiger partial charge in [-0.3, -0.25) is 4.79 Å². The largest absolute Gasteiger partial charge is 0.378 e. The van der Waals surface area contributed by atoms with Gasteiger partial charge in [-0.1, -0.05) is 6.07 Å². The molecule has 1 aliphatic heterocycles. The van der Waals surface area contributed by atoms with Gasteiger partial charge in [0.15, 0.2) is 11.3 Å². The van der Waals surface area contributed by atoms with Crippen molar-refractivity contribution in [2.45, 2.75) is 16.2 Å². The molecule has 0 spiro atoms. The summed E-state index contributed by atoms with van der Waals surface area (Å²) in [5.41, 5.74) is 1.39. The maximum atomic E-state index is 11.7. The number of likely N-dealkylation sites (N-methyl/N-ethyl adjacent to an activating group) is 1. The van der Waals surface area contributed by atoms with Gasteiger partial charge in [0.1, 0.15) is 6.33 Å². The van der Waals surface area contributed by atoms with E-state index < -0.39 is 6.10 Å². The Morgan fingerprint density at radius 1 is 1.37 bits per heavy atom.